The molecule has 4 aromatic heterocycles. The number of aromatic nitrogens is 8. The lowest BCUT2D eigenvalue weighted by Crippen LogP contribution is -2.39. The number of likely N-dealkylation sites (tertiary alicyclic amines) is 1. The number of likely N-dealkylation sites (N-methyl/N-ethyl adjacent to an activating group) is 2. The number of imidazole rings is 2. The Balaban J connectivity index is 0.835. The van der Waals surface area contributed by atoms with Crippen molar-refractivity contribution in [3.05, 3.63) is 25.3 Å². The summed E-state index contributed by atoms with van der Waals surface area (Å²) in [6.45, 7) is -3.41. The van der Waals surface area contributed by atoms with Crippen LogP contribution in [0.3, 0.4) is 0 Å². The summed E-state index contributed by atoms with van der Waals surface area (Å²) in [6, 6.07) is 0. The van der Waals surface area contributed by atoms with Gasteiger partial charge in [0.25, 0.3) is 0 Å². The molecule has 0 aliphatic carbocycles. The van der Waals surface area contributed by atoms with Crippen molar-refractivity contribution in [3.8, 4) is 0 Å². The first-order valence-electron chi connectivity index (χ1n) is 24.6. The highest BCUT2D eigenvalue weighted by Gasteiger charge is 2.54. The molecule has 0 saturated carbocycles. The van der Waals surface area contributed by atoms with Gasteiger partial charge in [-0.25, -0.2) is 34.7 Å². The maximum Gasteiger partial charge on any atom is 0.508 e. The first-order valence-corrected chi connectivity index (χ1v) is 32.1. The van der Waals surface area contributed by atoms with Gasteiger partial charge in [-0.2, -0.15) is 0 Å². The molecular weight excluding hydrogens is 1160 g/mol. The topological polar surface area (TPSA) is 378 Å². The lowest BCUT2D eigenvalue weighted by Gasteiger charge is -2.29. The highest BCUT2D eigenvalue weighted by molar-refractivity contribution is 8.77. The normalized spacial score (nSPS) is 28.6. The summed E-state index contributed by atoms with van der Waals surface area (Å²) in [5.41, 5.74) is 12.8. The van der Waals surface area contributed by atoms with Crippen LogP contribution in [-0.2, 0) is 84.6 Å². The number of amides is 4. The summed E-state index contributed by atoms with van der Waals surface area (Å²) < 4.78 is 55.4. The molecule has 0 spiro atoms. The van der Waals surface area contributed by atoms with E-state index >= 15 is 0 Å². The molecular formula is C43H61N13O17P2S4. The molecule has 434 valence electrons. The van der Waals surface area contributed by atoms with E-state index in [1.54, 1.807) is 25.9 Å². The molecule has 7 N–H and O–H groups in total. The number of aliphatic hydroxyl groups excluding tert-OH is 1. The van der Waals surface area contributed by atoms with E-state index in [1.165, 1.54) is 65.8 Å². The lowest BCUT2D eigenvalue weighted by atomic mass is 10.1. The van der Waals surface area contributed by atoms with E-state index in [0.29, 0.717) is 25.3 Å². The van der Waals surface area contributed by atoms with Gasteiger partial charge in [-0.3, -0.25) is 42.3 Å². The molecule has 2 bridgehead atoms. The minimum Gasteiger partial charge on any atom is -0.433 e. The molecule has 8 rings (SSSR count). The Labute approximate surface area is 470 Å². The minimum atomic E-state index is -4.40. The van der Waals surface area contributed by atoms with Crippen molar-refractivity contribution in [1.82, 2.24) is 53.7 Å². The van der Waals surface area contributed by atoms with Gasteiger partial charge in [0.1, 0.15) is 60.8 Å². The molecule has 79 heavy (non-hydrogen) atoms. The number of carbonyl (C=O) groups is 5. The van der Waals surface area contributed by atoms with Crippen molar-refractivity contribution >= 4 is 122 Å². The third kappa shape index (κ3) is 14.8. The van der Waals surface area contributed by atoms with Crippen LogP contribution in [0.25, 0.3) is 22.3 Å². The molecule has 4 fully saturated rings. The third-order valence-electron chi connectivity index (χ3n) is 13.1. The molecule has 4 aromatic rings. The summed E-state index contributed by atoms with van der Waals surface area (Å²) in [4.78, 5) is 116. The van der Waals surface area contributed by atoms with Crippen LogP contribution in [0.4, 0.5) is 16.4 Å². The molecule has 0 aromatic carbocycles. The van der Waals surface area contributed by atoms with Crippen molar-refractivity contribution in [2.24, 2.45) is 5.92 Å². The van der Waals surface area contributed by atoms with Crippen LogP contribution in [0.15, 0.2) is 25.3 Å². The molecule has 3 unspecified atom stereocenters. The molecule has 4 amide bonds. The van der Waals surface area contributed by atoms with Gasteiger partial charge in [0.15, 0.2) is 41.5 Å². The van der Waals surface area contributed by atoms with Crippen LogP contribution in [0.5, 0.6) is 0 Å². The number of carbonyl (C=O) groups excluding carboxylic acids is 5. The Kier molecular flexibility index (Phi) is 19.9. The van der Waals surface area contributed by atoms with Crippen LogP contribution in [0, 0.1) is 5.92 Å². The number of aliphatic hydroxyl groups is 1. The molecule has 4 saturated heterocycles. The summed E-state index contributed by atoms with van der Waals surface area (Å²) in [6.07, 6.45) is -6.43. The summed E-state index contributed by atoms with van der Waals surface area (Å²) >= 11 is 10.9. The van der Waals surface area contributed by atoms with E-state index in [2.05, 4.69) is 29.9 Å². The van der Waals surface area contributed by atoms with Gasteiger partial charge >= 0.3 is 19.6 Å². The van der Waals surface area contributed by atoms with E-state index in [9.17, 15) is 38.9 Å². The fraction of sp³-hybridized carbons (Fsp3) is 0.651. The molecule has 4 aliphatic heterocycles. The number of imide groups is 1. The smallest absolute Gasteiger partial charge is 0.433 e. The van der Waals surface area contributed by atoms with Crippen molar-refractivity contribution in [1.29, 1.82) is 0 Å². The summed E-state index contributed by atoms with van der Waals surface area (Å²) in [5.74, 6) is -0.654. The Morgan fingerprint density at radius 3 is 2.00 bits per heavy atom. The fourth-order valence-corrected chi connectivity index (χ4v) is 14.0. The Hall–Kier alpha value is -4.35. The van der Waals surface area contributed by atoms with Crippen molar-refractivity contribution in [2.45, 2.75) is 100 Å². The predicted molar refractivity (Wildman–Crippen MR) is 289 cm³/mol. The van der Waals surface area contributed by atoms with Crippen LogP contribution >= 0.6 is 35.0 Å². The monoisotopic (exact) mass is 1220 g/mol. The first kappa shape index (κ1) is 60.7. The van der Waals surface area contributed by atoms with Gasteiger partial charge in [0, 0.05) is 56.4 Å². The second kappa shape index (κ2) is 25.8. The van der Waals surface area contributed by atoms with Crippen molar-refractivity contribution < 1.29 is 80.6 Å². The van der Waals surface area contributed by atoms with Gasteiger partial charge in [-0.15, -0.1) is 0 Å². The van der Waals surface area contributed by atoms with Crippen molar-refractivity contribution in [2.75, 3.05) is 84.0 Å². The lowest BCUT2D eigenvalue weighted by molar-refractivity contribution is -0.140. The highest BCUT2D eigenvalue weighted by atomic mass is 33.1. The Bertz CT molecular complexity index is 2980. The molecule has 36 heteroatoms. The number of fused-ring (bicyclic) bond motifs is 5. The number of hydrogen-bond acceptors (Lipinski definition) is 27. The zero-order chi connectivity index (χ0) is 57.0. The average molecular weight is 1220 g/mol. The van der Waals surface area contributed by atoms with Crippen LogP contribution in [0.1, 0.15) is 58.9 Å². The average Bonchev–Trinajstić information content (AvgIpc) is 4.44. The van der Waals surface area contributed by atoms with Gasteiger partial charge in [-0.1, -0.05) is 28.5 Å². The number of hydrogen-bond donors (Lipinski definition) is 5. The largest absolute Gasteiger partial charge is 0.508 e. The number of nitrogens with two attached hydrogens (primary N) is 2. The van der Waals surface area contributed by atoms with E-state index in [-0.39, 0.29) is 114 Å². The third-order valence-corrected chi connectivity index (χ3v) is 19.5. The summed E-state index contributed by atoms with van der Waals surface area (Å²) in [7, 11) is 6.21. The fourth-order valence-electron chi connectivity index (χ4n) is 8.72. The van der Waals surface area contributed by atoms with E-state index in [1.807, 2.05) is 13.8 Å². The number of nitrogens with zero attached hydrogens (tertiary/aromatic N) is 11. The Morgan fingerprint density at radius 1 is 0.823 bits per heavy atom. The van der Waals surface area contributed by atoms with Gasteiger partial charge in [0.2, 0.25) is 23.6 Å². The molecule has 0 radical (unpaired) electrons. The zero-order valence-corrected chi connectivity index (χ0v) is 48.4. The van der Waals surface area contributed by atoms with Crippen LogP contribution in [0.2, 0.25) is 0 Å². The number of rotatable bonds is 20. The molecule has 30 nitrogen and oxygen atoms in total. The van der Waals surface area contributed by atoms with E-state index in [4.69, 9.17) is 76.9 Å². The number of ether oxygens (including phenoxy) is 5. The van der Waals surface area contributed by atoms with E-state index in [0.717, 1.165) is 0 Å². The molecule has 8 heterocycles. The maximum absolute atomic E-state index is 13.6. The minimum absolute atomic E-state index is 0.0300. The maximum atomic E-state index is 13.6. The zero-order valence-electron chi connectivity index (χ0n) is 43.4. The van der Waals surface area contributed by atoms with Crippen LogP contribution < -0.4 is 11.5 Å². The summed E-state index contributed by atoms with van der Waals surface area (Å²) in [5, 5.41) is 11.5. The molecule has 11 atom stereocenters. The van der Waals surface area contributed by atoms with Gasteiger partial charge < -0.3 is 68.9 Å². The van der Waals surface area contributed by atoms with Crippen molar-refractivity contribution in [3.63, 3.8) is 0 Å². The van der Waals surface area contributed by atoms with Gasteiger partial charge in [0.05, 0.1) is 52.0 Å². The van der Waals surface area contributed by atoms with Gasteiger partial charge in [-0.05, 0) is 43.9 Å². The standard InChI is InChI=1S/C43H61N13O17P2S4/c1-23-16-28(59)54(39(23)61)11-13-65-12-7-27(58)53(5)10-9-52(4)26(57)6-8-43(2,3)79-78-15-14-66-42(62)71-34-32-25(70-41(34)56-22-51-30-36(45)47-20-49-38(30)56)18-68-75(64,77)73-33-31(60)24(17-67-74(63,76)72-32)69-40(33)55-21-50-29-35(44)46-19-48-37(29)55/h19-25,31-34,40-41,60H,6-18H2,1-5H3,(H,63,76)(H,64,77)(H2,44,46,48)(H2,45,47,49)/t23?,24-,25-,31-,32-,33-,34-,40-,41-,74?,75?/m1/s1. The second-order valence-electron chi connectivity index (χ2n) is 19.3. The highest BCUT2D eigenvalue weighted by Crippen LogP contribution is 2.54. The Morgan fingerprint density at radius 2 is 1.39 bits per heavy atom. The molecule has 4 aliphatic rings. The number of anilines is 2. The quantitative estimate of drug-likeness (QED) is 0.0275. The number of nitrogen functional groups attached to an aromatic ring is 2. The first-order chi connectivity index (χ1) is 37.4. The SMILES string of the molecule is CC1CC(=O)N(CCOCCC(=O)N(C)CCN(C)C(=O)CCC(C)(C)SSCCOC(=O)O[C@@H]2[C@@H]3OP(O)(=S)OC[C@H]4O[C@@H](n5cnc6c(N)ncnc65)[C@H](OP(O)(=S)OC[C@H]3O[C@H]2n2cnc3c(N)ncnc32)[C@@H]4O)C1=O. The van der Waals surface area contributed by atoms with E-state index < -0.39 is 81.9 Å². The second-order valence-corrected chi connectivity index (χ2v) is 28.0. The van der Waals surface area contributed by atoms with Crippen LogP contribution in [-0.4, -0.2) is 212 Å². The predicted octanol–water partition coefficient (Wildman–Crippen LogP) is 1.42.